The van der Waals surface area contributed by atoms with Crippen molar-refractivity contribution in [3.8, 4) is 0 Å². The Hall–Kier alpha value is -1.73. The molecule has 0 aromatic rings. The lowest BCUT2D eigenvalue weighted by Crippen LogP contribution is -2.57. The molecule has 2 aliphatic heterocycles. The number of piperidine rings is 1. The van der Waals surface area contributed by atoms with Crippen LogP contribution in [0.25, 0.3) is 0 Å². The summed E-state index contributed by atoms with van der Waals surface area (Å²) in [5, 5.41) is 0. The van der Waals surface area contributed by atoms with E-state index in [4.69, 9.17) is 4.74 Å². The van der Waals surface area contributed by atoms with E-state index < -0.39 is 47.4 Å². The van der Waals surface area contributed by atoms with Crippen LogP contribution in [0.4, 0.5) is 13.6 Å². The first-order chi connectivity index (χ1) is 11.7. The van der Waals surface area contributed by atoms with Crippen molar-refractivity contribution in [1.29, 1.82) is 0 Å². The predicted molar refractivity (Wildman–Crippen MR) is 90.8 cm³/mol. The van der Waals surface area contributed by atoms with E-state index in [1.165, 1.54) is 11.8 Å². The summed E-state index contributed by atoms with van der Waals surface area (Å²) in [6.45, 7) is 9.24. The Kier molecular flexibility index (Phi) is 5.11. The summed E-state index contributed by atoms with van der Waals surface area (Å²) >= 11 is 0. The summed E-state index contributed by atoms with van der Waals surface area (Å²) in [5.41, 5.74) is -1.63. The highest BCUT2D eigenvalue weighted by atomic mass is 19.3. The van der Waals surface area contributed by atoms with Crippen LogP contribution in [0.2, 0.25) is 0 Å². The van der Waals surface area contributed by atoms with Gasteiger partial charge in [-0.15, -0.1) is 0 Å². The molecule has 2 saturated heterocycles. The maximum absolute atomic E-state index is 14.4. The van der Waals surface area contributed by atoms with Crippen molar-refractivity contribution >= 4 is 17.8 Å². The number of carbonyl (C=O) groups excluding carboxylic acids is 3. The number of fused-ring (bicyclic) bond motifs is 1. The average Bonchev–Trinajstić information content (AvgIpc) is 2.72. The number of ether oxygens (including phenoxy) is 1. The first-order valence-corrected chi connectivity index (χ1v) is 8.83. The van der Waals surface area contributed by atoms with Gasteiger partial charge >= 0.3 is 6.09 Å². The summed E-state index contributed by atoms with van der Waals surface area (Å²) in [6, 6.07) is -1.25. The fourth-order valence-corrected chi connectivity index (χ4v) is 3.40. The number of Topliss-reactive ketones (excluding diaryl/α,β-unsaturated/α-hetero) is 1. The Morgan fingerprint density at radius 1 is 1.23 bits per heavy atom. The van der Waals surface area contributed by atoms with Crippen LogP contribution in [0.3, 0.4) is 0 Å². The van der Waals surface area contributed by atoms with E-state index in [-0.39, 0.29) is 25.3 Å². The molecule has 2 fully saturated rings. The van der Waals surface area contributed by atoms with Crippen LogP contribution in [-0.4, -0.2) is 64.8 Å². The number of hydrogen-bond donors (Lipinski definition) is 0. The normalized spacial score (nSPS) is 25.9. The van der Waals surface area contributed by atoms with Crippen LogP contribution in [0.5, 0.6) is 0 Å². The molecule has 2 amide bonds. The minimum Gasteiger partial charge on any atom is -0.444 e. The molecule has 2 rings (SSSR count). The van der Waals surface area contributed by atoms with E-state index >= 15 is 0 Å². The van der Waals surface area contributed by atoms with Crippen LogP contribution in [0, 0.1) is 11.3 Å². The molecule has 0 bridgehead atoms. The highest BCUT2D eigenvalue weighted by molar-refractivity contribution is 5.89. The smallest absolute Gasteiger partial charge is 0.411 e. The third-order valence-corrected chi connectivity index (χ3v) is 5.08. The van der Waals surface area contributed by atoms with Crippen molar-refractivity contribution < 1.29 is 27.9 Å². The standard InChI is InChI=1S/C18H28F2N2O4/c1-11(23)17(5,6)9-21-8-7-12-13(14(21)24)22(10-18(12,19)20)15(25)26-16(2,3)4/h12-13H,7-10H2,1-6H3/t12-,13-/m1/s1. The summed E-state index contributed by atoms with van der Waals surface area (Å²) in [4.78, 5) is 39.3. The molecule has 148 valence electrons. The zero-order valence-electron chi connectivity index (χ0n) is 16.3. The van der Waals surface area contributed by atoms with E-state index in [9.17, 15) is 23.2 Å². The van der Waals surface area contributed by atoms with Crippen LogP contribution in [0.1, 0.15) is 48.0 Å². The summed E-state index contributed by atoms with van der Waals surface area (Å²) in [5.74, 6) is -5.00. The molecule has 0 N–H and O–H groups in total. The summed E-state index contributed by atoms with van der Waals surface area (Å²) < 4.78 is 34.0. The second-order valence-electron chi connectivity index (χ2n) is 8.91. The van der Waals surface area contributed by atoms with Crippen molar-refractivity contribution in [2.75, 3.05) is 19.6 Å². The topological polar surface area (TPSA) is 66.9 Å². The summed E-state index contributed by atoms with van der Waals surface area (Å²) in [7, 11) is 0. The third kappa shape index (κ3) is 3.99. The van der Waals surface area contributed by atoms with Gasteiger partial charge in [0, 0.05) is 18.5 Å². The third-order valence-electron chi connectivity index (χ3n) is 5.08. The van der Waals surface area contributed by atoms with E-state index in [1.54, 1.807) is 34.6 Å². The minimum atomic E-state index is -3.14. The molecule has 0 spiro atoms. The second kappa shape index (κ2) is 6.46. The number of carbonyl (C=O) groups is 3. The number of rotatable bonds is 3. The lowest BCUT2D eigenvalue weighted by atomic mass is 9.84. The van der Waals surface area contributed by atoms with Crippen molar-refractivity contribution in [2.45, 2.75) is 65.5 Å². The van der Waals surface area contributed by atoms with Crippen LogP contribution >= 0.6 is 0 Å². The van der Waals surface area contributed by atoms with Gasteiger partial charge in [0.25, 0.3) is 5.92 Å². The van der Waals surface area contributed by atoms with Crippen LogP contribution in [0.15, 0.2) is 0 Å². The Morgan fingerprint density at radius 3 is 2.31 bits per heavy atom. The lowest BCUT2D eigenvalue weighted by molar-refractivity contribution is -0.146. The molecule has 26 heavy (non-hydrogen) atoms. The van der Waals surface area contributed by atoms with Crippen molar-refractivity contribution in [1.82, 2.24) is 9.80 Å². The van der Waals surface area contributed by atoms with Gasteiger partial charge in [0.15, 0.2) is 0 Å². The molecule has 0 aromatic carbocycles. The number of likely N-dealkylation sites (tertiary alicyclic amines) is 2. The number of halogens is 2. The first-order valence-electron chi connectivity index (χ1n) is 8.83. The van der Waals surface area contributed by atoms with Gasteiger partial charge in [-0.1, -0.05) is 13.8 Å². The number of alkyl halides is 2. The lowest BCUT2D eigenvalue weighted by Gasteiger charge is -2.40. The molecule has 2 atom stereocenters. The van der Waals surface area contributed by atoms with E-state index in [2.05, 4.69) is 0 Å². The molecule has 6 nitrogen and oxygen atoms in total. The molecule has 0 radical (unpaired) electrons. The van der Waals surface area contributed by atoms with Crippen molar-refractivity contribution in [3.63, 3.8) is 0 Å². The van der Waals surface area contributed by atoms with Gasteiger partial charge in [-0.05, 0) is 34.1 Å². The zero-order chi connectivity index (χ0) is 20.1. The van der Waals surface area contributed by atoms with Gasteiger partial charge in [-0.3, -0.25) is 14.5 Å². The highest BCUT2D eigenvalue weighted by Crippen LogP contribution is 2.44. The SMILES string of the molecule is CC(=O)C(C)(C)CN1CC[C@@H]2[C@H](C1=O)N(C(=O)OC(C)(C)C)CC2(F)F. The van der Waals surface area contributed by atoms with Gasteiger partial charge < -0.3 is 9.64 Å². The quantitative estimate of drug-likeness (QED) is 0.762. The van der Waals surface area contributed by atoms with Crippen molar-refractivity contribution in [2.24, 2.45) is 11.3 Å². The molecule has 2 heterocycles. The number of hydrogen-bond acceptors (Lipinski definition) is 4. The molecular weight excluding hydrogens is 346 g/mol. The fourth-order valence-electron chi connectivity index (χ4n) is 3.40. The van der Waals surface area contributed by atoms with E-state index in [0.29, 0.717) is 0 Å². The number of ketones is 1. The Balaban J connectivity index is 2.26. The highest BCUT2D eigenvalue weighted by Gasteiger charge is 2.61. The Bertz CT molecular complexity index is 613. The van der Waals surface area contributed by atoms with Crippen LogP contribution < -0.4 is 0 Å². The van der Waals surface area contributed by atoms with Gasteiger partial charge in [0.2, 0.25) is 5.91 Å². The fraction of sp³-hybridized carbons (Fsp3) is 0.833. The molecule has 0 saturated carbocycles. The Morgan fingerprint density at radius 2 is 1.81 bits per heavy atom. The van der Waals surface area contributed by atoms with Crippen molar-refractivity contribution in [3.05, 3.63) is 0 Å². The average molecular weight is 374 g/mol. The monoisotopic (exact) mass is 374 g/mol. The molecule has 0 unspecified atom stereocenters. The summed E-state index contributed by atoms with van der Waals surface area (Å²) in [6.07, 6.45) is -0.831. The maximum atomic E-state index is 14.4. The van der Waals surface area contributed by atoms with Gasteiger partial charge in [-0.2, -0.15) is 0 Å². The predicted octanol–water partition coefficient (Wildman–Crippen LogP) is 2.70. The second-order valence-corrected chi connectivity index (χ2v) is 8.91. The molecule has 2 aliphatic rings. The zero-order valence-corrected chi connectivity index (χ0v) is 16.3. The number of amides is 2. The Labute approximate surface area is 152 Å². The van der Waals surface area contributed by atoms with E-state index in [1.807, 2.05) is 0 Å². The van der Waals surface area contributed by atoms with Gasteiger partial charge in [0.05, 0.1) is 12.5 Å². The molecule has 0 aliphatic carbocycles. The molecule has 8 heteroatoms. The van der Waals surface area contributed by atoms with Gasteiger partial charge in [-0.25, -0.2) is 13.6 Å². The minimum absolute atomic E-state index is 0.0800. The maximum Gasteiger partial charge on any atom is 0.411 e. The number of nitrogens with zero attached hydrogens (tertiary/aromatic N) is 2. The molecule has 0 aromatic heterocycles. The van der Waals surface area contributed by atoms with E-state index in [0.717, 1.165) is 4.90 Å². The largest absolute Gasteiger partial charge is 0.444 e. The van der Waals surface area contributed by atoms with Gasteiger partial charge in [0.1, 0.15) is 17.4 Å². The van der Waals surface area contributed by atoms with Crippen LogP contribution in [-0.2, 0) is 14.3 Å². The molecular formula is C18H28F2N2O4. The first kappa shape index (κ1) is 20.6.